The Morgan fingerprint density at radius 3 is 2.72 bits per heavy atom. The van der Waals surface area contributed by atoms with Gasteiger partial charge in [0, 0.05) is 24.8 Å². The standard InChI is InChI=1S/C14H24N4/c1-4-5-12-10-14(16-11-15-12)18(3)13-6-8-17(2)9-7-13/h10-11,13H,4-9H2,1-3H3. The summed E-state index contributed by atoms with van der Waals surface area (Å²) in [6.07, 6.45) is 6.32. The van der Waals surface area contributed by atoms with Gasteiger partial charge < -0.3 is 9.80 Å². The molecular formula is C14H24N4. The Kier molecular flexibility index (Phi) is 4.53. The lowest BCUT2D eigenvalue weighted by Gasteiger charge is -2.35. The molecule has 0 saturated carbocycles. The summed E-state index contributed by atoms with van der Waals surface area (Å²) < 4.78 is 0. The van der Waals surface area contributed by atoms with Gasteiger partial charge in [0.25, 0.3) is 0 Å². The van der Waals surface area contributed by atoms with E-state index in [9.17, 15) is 0 Å². The van der Waals surface area contributed by atoms with E-state index in [2.05, 4.69) is 46.9 Å². The molecule has 2 heterocycles. The number of hydrogen-bond donors (Lipinski definition) is 0. The number of hydrogen-bond acceptors (Lipinski definition) is 4. The minimum Gasteiger partial charge on any atom is -0.356 e. The van der Waals surface area contributed by atoms with Gasteiger partial charge in [0.05, 0.1) is 0 Å². The van der Waals surface area contributed by atoms with Crippen molar-refractivity contribution < 1.29 is 0 Å². The molecule has 4 nitrogen and oxygen atoms in total. The van der Waals surface area contributed by atoms with Crippen molar-refractivity contribution in [2.24, 2.45) is 0 Å². The summed E-state index contributed by atoms with van der Waals surface area (Å²) in [6.45, 7) is 4.55. The lowest BCUT2D eigenvalue weighted by molar-refractivity contribution is 0.252. The van der Waals surface area contributed by atoms with E-state index >= 15 is 0 Å². The van der Waals surface area contributed by atoms with Gasteiger partial charge in [0.2, 0.25) is 0 Å². The van der Waals surface area contributed by atoms with E-state index in [1.807, 2.05) is 0 Å². The molecular weight excluding hydrogens is 224 g/mol. The first kappa shape index (κ1) is 13.3. The fourth-order valence-corrected chi connectivity index (χ4v) is 2.54. The predicted octanol–water partition coefficient (Wildman–Crippen LogP) is 1.96. The van der Waals surface area contributed by atoms with Crippen LogP contribution in [0.4, 0.5) is 5.82 Å². The SMILES string of the molecule is CCCc1cc(N(C)C2CCN(C)CC2)ncn1. The second-order valence-corrected chi connectivity index (χ2v) is 5.26. The molecule has 0 bridgehead atoms. The van der Waals surface area contributed by atoms with Crippen molar-refractivity contribution in [3.05, 3.63) is 18.1 Å². The van der Waals surface area contributed by atoms with Crippen molar-refractivity contribution in [2.75, 3.05) is 32.1 Å². The fourth-order valence-electron chi connectivity index (χ4n) is 2.54. The molecule has 0 aliphatic carbocycles. The van der Waals surface area contributed by atoms with E-state index in [0.29, 0.717) is 6.04 Å². The van der Waals surface area contributed by atoms with Crippen molar-refractivity contribution in [3.63, 3.8) is 0 Å². The van der Waals surface area contributed by atoms with Crippen LogP contribution in [-0.4, -0.2) is 48.1 Å². The average Bonchev–Trinajstić information content (AvgIpc) is 2.39. The minimum absolute atomic E-state index is 0.616. The summed E-state index contributed by atoms with van der Waals surface area (Å²) in [5, 5.41) is 0. The fraction of sp³-hybridized carbons (Fsp3) is 0.714. The van der Waals surface area contributed by atoms with Crippen molar-refractivity contribution >= 4 is 5.82 Å². The molecule has 1 fully saturated rings. The van der Waals surface area contributed by atoms with E-state index in [1.165, 1.54) is 25.9 Å². The molecule has 0 unspecified atom stereocenters. The van der Waals surface area contributed by atoms with E-state index in [4.69, 9.17) is 0 Å². The summed E-state index contributed by atoms with van der Waals surface area (Å²) in [7, 11) is 4.36. The molecule has 2 rings (SSSR count). The van der Waals surface area contributed by atoms with Crippen molar-refractivity contribution in [1.82, 2.24) is 14.9 Å². The van der Waals surface area contributed by atoms with Crippen molar-refractivity contribution in [2.45, 2.75) is 38.6 Å². The lowest BCUT2D eigenvalue weighted by atomic mass is 10.0. The van der Waals surface area contributed by atoms with Crippen LogP contribution in [0.2, 0.25) is 0 Å². The summed E-state index contributed by atoms with van der Waals surface area (Å²) in [6, 6.07) is 2.76. The number of anilines is 1. The second-order valence-electron chi connectivity index (χ2n) is 5.26. The topological polar surface area (TPSA) is 32.3 Å². The molecule has 0 aromatic carbocycles. The molecule has 0 spiro atoms. The minimum atomic E-state index is 0.616. The van der Waals surface area contributed by atoms with Gasteiger partial charge in [0.1, 0.15) is 12.1 Å². The van der Waals surface area contributed by atoms with Gasteiger partial charge in [0.15, 0.2) is 0 Å². The van der Waals surface area contributed by atoms with E-state index in [0.717, 1.165) is 24.4 Å². The first-order valence-corrected chi connectivity index (χ1v) is 6.93. The molecule has 18 heavy (non-hydrogen) atoms. The zero-order valence-electron chi connectivity index (χ0n) is 11.8. The highest BCUT2D eigenvalue weighted by Crippen LogP contribution is 2.20. The van der Waals surface area contributed by atoms with Crippen LogP contribution >= 0.6 is 0 Å². The molecule has 1 saturated heterocycles. The Bertz CT molecular complexity index is 372. The normalized spacial score (nSPS) is 17.9. The van der Waals surface area contributed by atoms with Crippen LogP contribution < -0.4 is 4.90 Å². The third kappa shape index (κ3) is 3.19. The van der Waals surface area contributed by atoms with Gasteiger partial charge in [-0.25, -0.2) is 9.97 Å². The van der Waals surface area contributed by atoms with E-state index in [1.54, 1.807) is 6.33 Å². The Morgan fingerprint density at radius 1 is 1.33 bits per heavy atom. The molecule has 4 heteroatoms. The van der Waals surface area contributed by atoms with Crippen LogP contribution in [0, 0.1) is 0 Å². The number of likely N-dealkylation sites (tertiary alicyclic amines) is 1. The van der Waals surface area contributed by atoms with Crippen LogP contribution in [0.3, 0.4) is 0 Å². The Hall–Kier alpha value is -1.16. The summed E-state index contributed by atoms with van der Waals surface area (Å²) in [4.78, 5) is 13.5. The maximum absolute atomic E-state index is 4.42. The third-order valence-electron chi connectivity index (χ3n) is 3.81. The third-order valence-corrected chi connectivity index (χ3v) is 3.81. The van der Waals surface area contributed by atoms with Gasteiger partial charge in [-0.05, 0) is 39.4 Å². The second kappa shape index (κ2) is 6.14. The van der Waals surface area contributed by atoms with E-state index in [-0.39, 0.29) is 0 Å². The molecule has 0 amide bonds. The zero-order valence-corrected chi connectivity index (χ0v) is 11.8. The highest BCUT2D eigenvalue weighted by Gasteiger charge is 2.21. The highest BCUT2D eigenvalue weighted by molar-refractivity contribution is 5.39. The van der Waals surface area contributed by atoms with Gasteiger partial charge in [-0.3, -0.25) is 0 Å². The Balaban J connectivity index is 2.03. The largest absolute Gasteiger partial charge is 0.356 e. The highest BCUT2D eigenvalue weighted by atomic mass is 15.2. The summed E-state index contributed by atoms with van der Waals surface area (Å²) in [5.74, 6) is 1.07. The van der Waals surface area contributed by atoms with Gasteiger partial charge in [-0.1, -0.05) is 13.3 Å². The quantitative estimate of drug-likeness (QED) is 0.815. The molecule has 0 N–H and O–H groups in total. The first-order valence-electron chi connectivity index (χ1n) is 6.93. The van der Waals surface area contributed by atoms with Crippen LogP contribution in [0.5, 0.6) is 0 Å². The molecule has 1 aromatic rings. The van der Waals surface area contributed by atoms with Gasteiger partial charge in [-0.2, -0.15) is 0 Å². The number of piperidine rings is 1. The number of rotatable bonds is 4. The monoisotopic (exact) mass is 248 g/mol. The molecule has 1 aliphatic heterocycles. The number of nitrogens with zero attached hydrogens (tertiary/aromatic N) is 4. The summed E-state index contributed by atoms with van der Waals surface area (Å²) in [5.41, 5.74) is 1.15. The summed E-state index contributed by atoms with van der Waals surface area (Å²) >= 11 is 0. The number of aromatic nitrogens is 2. The zero-order chi connectivity index (χ0) is 13.0. The lowest BCUT2D eigenvalue weighted by Crippen LogP contribution is -2.42. The molecule has 100 valence electrons. The molecule has 0 radical (unpaired) electrons. The average molecular weight is 248 g/mol. The molecule has 1 aromatic heterocycles. The van der Waals surface area contributed by atoms with Gasteiger partial charge in [-0.15, -0.1) is 0 Å². The number of aryl methyl sites for hydroxylation is 1. The van der Waals surface area contributed by atoms with Crippen molar-refractivity contribution in [3.8, 4) is 0 Å². The molecule has 1 aliphatic rings. The predicted molar refractivity (Wildman–Crippen MR) is 74.9 cm³/mol. The van der Waals surface area contributed by atoms with Crippen LogP contribution in [0.25, 0.3) is 0 Å². The first-order chi connectivity index (χ1) is 8.70. The van der Waals surface area contributed by atoms with Gasteiger partial charge >= 0.3 is 0 Å². The van der Waals surface area contributed by atoms with Crippen LogP contribution in [0.1, 0.15) is 31.9 Å². The van der Waals surface area contributed by atoms with Crippen molar-refractivity contribution in [1.29, 1.82) is 0 Å². The Labute approximate surface area is 110 Å². The van der Waals surface area contributed by atoms with Crippen LogP contribution in [0.15, 0.2) is 12.4 Å². The smallest absolute Gasteiger partial charge is 0.132 e. The molecule has 0 atom stereocenters. The Morgan fingerprint density at radius 2 is 2.06 bits per heavy atom. The van der Waals surface area contributed by atoms with E-state index < -0.39 is 0 Å². The maximum Gasteiger partial charge on any atom is 0.132 e. The maximum atomic E-state index is 4.42. The van der Waals surface area contributed by atoms with Crippen LogP contribution in [-0.2, 0) is 6.42 Å².